The largest absolute Gasteiger partial charge is 0.491 e. The first-order valence-corrected chi connectivity index (χ1v) is 9.85. The van der Waals surface area contributed by atoms with Gasteiger partial charge in [-0.1, -0.05) is 6.07 Å². The van der Waals surface area contributed by atoms with Crippen LogP contribution in [-0.4, -0.2) is 63.8 Å². The van der Waals surface area contributed by atoms with E-state index in [2.05, 4.69) is 5.32 Å². The third kappa shape index (κ3) is 5.42. The first-order valence-electron chi connectivity index (χ1n) is 8.24. The molecule has 8 heteroatoms. The number of carbonyl (C=O) groups is 1. The maximum atomic E-state index is 12.5. The van der Waals surface area contributed by atoms with E-state index < -0.39 is 10.0 Å². The van der Waals surface area contributed by atoms with Gasteiger partial charge in [0.15, 0.2) is 0 Å². The Balaban J connectivity index is 2.04. The lowest BCUT2D eigenvalue weighted by Gasteiger charge is -2.21. The number of rotatable bonds is 7. The highest BCUT2D eigenvalue weighted by Gasteiger charge is 2.34. The van der Waals surface area contributed by atoms with E-state index in [9.17, 15) is 13.2 Å². The summed E-state index contributed by atoms with van der Waals surface area (Å²) >= 11 is 0. The molecule has 2 rings (SSSR count). The highest BCUT2D eigenvalue weighted by Crippen LogP contribution is 2.19. The molecular weight excluding hydrogens is 344 g/mol. The molecule has 0 aliphatic carbocycles. The van der Waals surface area contributed by atoms with Gasteiger partial charge < -0.3 is 14.8 Å². The van der Waals surface area contributed by atoms with Crippen LogP contribution in [0.1, 0.15) is 24.2 Å². The average molecular weight is 370 g/mol. The quantitative estimate of drug-likeness (QED) is 0.777. The predicted octanol–water partition coefficient (Wildman–Crippen LogP) is 1.11. The standard InChI is InChI=1S/C17H26N2O5S/c1-12(2)24-15-7-5-6-13(8-15)17(20)18-16-10-23-9-14(16)11-25(21,22)19(3)4/h5-8,12,14,16H,9-11H2,1-4H3,(H,18,20)/t14-,16+/m0/s1. The highest BCUT2D eigenvalue weighted by molar-refractivity contribution is 7.89. The van der Waals surface area contributed by atoms with E-state index in [1.54, 1.807) is 24.3 Å². The summed E-state index contributed by atoms with van der Waals surface area (Å²) in [6.45, 7) is 4.45. The number of nitrogens with zero attached hydrogens (tertiary/aromatic N) is 1. The van der Waals surface area contributed by atoms with Crippen molar-refractivity contribution in [2.24, 2.45) is 5.92 Å². The fourth-order valence-electron chi connectivity index (χ4n) is 2.58. The van der Waals surface area contributed by atoms with E-state index in [0.29, 0.717) is 24.5 Å². The lowest BCUT2D eigenvalue weighted by atomic mass is 10.1. The summed E-state index contributed by atoms with van der Waals surface area (Å²) in [5.74, 6) is 0.0296. The minimum atomic E-state index is -3.35. The minimum absolute atomic E-state index is 0.0159. The van der Waals surface area contributed by atoms with Gasteiger partial charge in [-0.25, -0.2) is 12.7 Å². The monoisotopic (exact) mass is 370 g/mol. The molecule has 1 aliphatic rings. The van der Waals surface area contributed by atoms with Crippen LogP contribution in [0.15, 0.2) is 24.3 Å². The molecule has 7 nitrogen and oxygen atoms in total. The van der Waals surface area contributed by atoms with E-state index in [-0.39, 0.29) is 29.7 Å². The molecule has 1 saturated heterocycles. The van der Waals surface area contributed by atoms with E-state index in [0.717, 1.165) is 0 Å². The second kappa shape index (κ2) is 8.16. The fourth-order valence-corrected chi connectivity index (χ4v) is 3.74. The van der Waals surface area contributed by atoms with Gasteiger partial charge in [0.1, 0.15) is 5.75 Å². The molecule has 1 N–H and O–H groups in total. The van der Waals surface area contributed by atoms with Crippen molar-refractivity contribution >= 4 is 15.9 Å². The smallest absolute Gasteiger partial charge is 0.251 e. The first-order chi connectivity index (χ1) is 11.7. The fraction of sp³-hybridized carbons (Fsp3) is 0.588. The zero-order chi connectivity index (χ0) is 18.6. The van der Waals surface area contributed by atoms with Gasteiger partial charge in [0, 0.05) is 25.6 Å². The molecule has 1 amide bonds. The van der Waals surface area contributed by atoms with Gasteiger partial charge >= 0.3 is 0 Å². The van der Waals surface area contributed by atoms with Crippen molar-refractivity contribution in [2.75, 3.05) is 33.1 Å². The van der Waals surface area contributed by atoms with Crippen LogP contribution in [0.5, 0.6) is 5.75 Å². The van der Waals surface area contributed by atoms with Gasteiger partial charge in [0.05, 0.1) is 31.1 Å². The Labute approximate surface area is 149 Å². The number of hydrogen-bond donors (Lipinski definition) is 1. The van der Waals surface area contributed by atoms with Gasteiger partial charge in [-0.15, -0.1) is 0 Å². The third-order valence-corrected chi connectivity index (χ3v) is 5.93. The van der Waals surface area contributed by atoms with Gasteiger partial charge in [0.25, 0.3) is 5.91 Å². The predicted molar refractivity (Wildman–Crippen MR) is 95.2 cm³/mol. The van der Waals surface area contributed by atoms with Crippen molar-refractivity contribution < 1.29 is 22.7 Å². The van der Waals surface area contributed by atoms with Crippen LogP contribution in [0.2, 0.25) is 0 Å². The van der Waals surface area contributed by atoms with Crippen molar-refractivity contribution in [3.63, 3.8) is 0 Å². The zero-order valence-corrected chi connectivity index (χ0v) is 15.9. The second-order valence-electron chi connectivity index (χ2n) is 6.63. The Kier molecular flexibility index (Phi) is 6.42. The van der Waals surface area contributed by atoms with Crippen LogP contribution in [0.25, 0.3) is 0 Å². The van der Waals surface area contributed by atoms with E-state index in [1.807, 2.05) is 13.8 Å². The van der Waals surface area contributed by atoms with Gasteiger partial charge in [0.2, 0.25) is 10.0 Å². The van der Waals surface area contributed by atoms with Crippen molar-refractivity contribution in [1.82, 2.24) is 9.62 Å². The van der Waals surface area contributed by atoms with Crippen molar-refractivity contribution in [2.45, 2.75) is 26.0 Å². The van der Waals surface area contributed by atoms with Gasteiger partial charge in [-0.3, -0.25) is 4.79 Å². The molecule has 140 valence electrons. The summed E-state index contributed by atoms with van der Waals surface area (Å²) in [5, 5.41) is 2.88. The number of carbonyl (C=O) groups excluding carboxylic acids is 1. The summed E-state index contributed by atoms with van der Waals surface area (Å²) in [6, 6.07) is 6.59. The Morgan fingerprint density at radius 1 is 1.36 bits per heavy atom. The Bertz CT molecular complexity index is 703. The van der Waals surface area contributed by atoms with Gasteiger partial charge in [-0.2, -0.15) is 0 Å². The van der Waals surface area contributed by atoms with Crippen LogP contribution in [0.3, 0.4) is 0 Å². The molecular formula is C17H26N2O5S. The number of benzene rings is 1. The zero-order valence-electron chi connectivity index (χ0n) is 15.1. The van der Waals surface area contributed by atoms with Crippen molar-refractivity contribution in [1.29, 1.82) is 0 Å². The molecule has 0 unspecified atom stereocenters. The number of sulfonamides is 1. The molecule has 1 aliphatic heterocycles. The van der Waals surface area contributed by atoms with E-state index >= 15 is 0 Å². The van der Waals surface area contributed by atoms with E-state index in [4.69, 9.17) is 9.47 Å². The number of ether oxygens (including phenoxy) is 2. The second-order valence-corrected chi connectivity index (χ2v) is 8.86. The minimum Gasteiger partial charge on any atom is -0.491 e. The molecule has 1 aromatic carbocycles. The lowest BCUT2D eigenvalue weighted by Crippen LogP contribution is -2.43. The van der Waals surface area contributed by atoms with E-state index in [1.165, 1.54) is 18.4 Å². The highest BCUT2D eigenvalue weighted by atomic mass is 32.2. The van der Waals surface area contributed by atoms with Crippen LogP contribution >= 0.6 is 0 Å². The molecule has 25 heavy (non-hydrogen) atoms. The van der Waals surface area contributed by atoms with Crippen LogP contribution in [0.4, 0.5) is 0 Å². The number of hydrogen-bond acceptors (Lipinski definition) is 5. The summed E-state index contributed by atoms with van der Waals surface area (Å²) < 4.78 is 36.3. The molecule has 0 aromatic heterocycles. The first kappa shape index (κ1) is 19.7. The molecule has 0 saturated carbocycles. The number of amides is 1. The lowest BCUT2D eigenvalue weighted by molar-refractivity contribution is 0.0925. The molecule has 1 aromatic rings. The van der Waals surface area contributed by atoms with Crippen molar-refractivity contribution in [3.05, 3.63) is 29.8 Å². The molecule has 1 heterocycles. The summed E-state index contributed by atoms with van der Waals surface area (Å²) in [4.78, 5) is 12.5. The SMILES string of the molecule is CC(C)Oc1cccc(C(=O)N[C@@H]2COC[C@H]2CS(=O)(=O)N(C)C)c1. The molecule has 0 radical (unpaired) electrons. The molecule has 1 fully saturated rings. The number of nitrogens with one attached hydrogen (secondary N) is 1. The van der Waals surface area contributed by atoms with Gasteiger partial charge in [-0.05, 0) is 32.0 Å². The molecule has 0 bridgehead atoms. The van der Waals surface area contributed by atoms with Crippen molar-refractivity contribution in [3.8, 4) is 5.75 Å². The van der Waals surface area contributed by atoms with Crippen LogP contribution in [-0.2, 0) is 14.8 Å². The Hall–Kier alpha value is -1.64. The maximum Gasteiger partial charge on any atom is 0.251 e. The van der Waals surface area contributed by atoms with Crippen LogP contribution < -0.4 is 10.1 Å². The Morgan fingerprint density at radius 2 is 2.08 bits per heavy atom. The average Bonchev–Trinajstić information content (AvgIpc) is 2.93. The summed E-state index contributed by atoms with van der Waals surface area (Å²) in [5.41, 5.74) is 0.472. The summed E-state index contributed by atoms with van der Waals surface area (Å²) in [7, 11) is -0.355. The third-order valence-electron chi connectivity index (χ3n) is 3.96. The topological polar surface area (TPSA) is 84.9 Å². The van der Waals surface area contributed by atoms with Crippen LogP contribution in [0, 0.1) is 5.92 Å². The molecule has 0 spiro atoms. The molecule has 2 atom stereocenters. The normalized spacial score (nSPS) is 20.9. The maximum absolute atomic E-state index is 12.5. The Morgan fingerprint density at radius 3 is 2.72 bits per heavy atom. The summed E-state index contributed by atoms with van der Waals surface area (Å²) in [6.07, 6.45) is 0.0159.